The second-order valence-electron chi connectivity index (χ2n) is 8.06. The second kappa shape index (κ2) is 9.82. The number of rotatable bonds is 7. The maximum Gasteiger partial charge on any atom is 0.338 e. The molecule has 0 aliphatic rings. The summed E-state index contributed by atoms with van der Waals surface area (Å²) in [6.07, 6.45) is 0. The van der Waals surface area contributed by atoms with Gasteiger partial charge in [-0.25, -0.2) is 9.78 Å². The Labute approximate surface area is 191 Å². The Morgan fingerprint density at radius 3 is 2.31 bits per heavy atom. The number of anilines is 1. The van der Waals surface area contributed by atoms with Crippen molar-refractivity contribution >= 4 is 28.3 Å². The molecule has 3 rings (SSSR count). The number of ether oxygens (including phenoxy) is 3. The number of hydrogen-bond acceptors (Lipinski definition) is 7. The van der Waals surface area contributed by atoms with Gasteiger partial charge in [-0.05, 0) is 41.3 Å². The molecule has 2 aromatic carbocycles. The molecule has 1 heterocycles. The van der Waals surface area contributed by atoms with Crippen LogP contribution in [0, 0.1) is 0 Å². The van der Waals surface area contributed by atoms with Crippen molar-refractivity contribution in [3.63, 3.8) is 0 Å². The molecule has 7 nitrogen and oxygen atoms in total. The van der Waals surface area contributed by atoms with E-state index in [1.807, 2.05) is 29.6 Å². The van der Waals surface area contributed by atoms with Gasteiger partial charge in [-0.1, -0.05) is 32.9 Å². The number of amides is 1. The normalized spacial score (nSPS) is 11.0. The third kappa shape index (κ3) is 5.64. The summed E-state index contributed by atoms with van der Waals surface area (Å²) in [5.41, 5.74) is 3.01. The minimum Gasteiger partial charge on any atom is -0.493 e. The predicted molar refractivity (Wildman–Crippen MR) is 125 cm³/mol. The van der Waals surface area contributed by atoms with Gasteiger partial charge in [0.15, 0.2) is 23.2 Å². The second-order valence-corrected chi connectivity index (χ2v) is 8.92. The number of benzene rings is 2. The smallest absolute Gasteiger partial charge is 0.338 e. The van der Waals surface area contributed by atoms with E-state index >= 15 is 0 Å². The first-order valence-corrected chi connectivity index (χ1v) is 10.8. The van der Waals surface area contributed by atoms with E-state index in [1.165, 1.54) is 11.3 Å². The van der Waals surface area contributed by atoms with Gasteiger partial charge in [0.25, 0.3) is 5.91 Å². The quantitative estimate of drug-likeness (QED) is 0.510. The first kappa shape index (κ1) is 23.3. The van der Waals surface area contributed by atoms with Crippen molar-refractivity contribution in [1.82, 2.24) is 4.98 Å². The topological polar surface area (TPSA) is 86.8 Å². The lowest BCUT2D eigenvalue weighted by Gasteiger charge is -2.18. The summed E-state index contributed by atoms with van der Waals surface area (Å²) in [5.74, 6) is 0.199. The fraction of sp³-hybridized carbons (Fsp3) is 0.292. The van der Waals surface area contributed by atoms with Crippen molar-refractivity contribution in [3.05, 3.63) is 59.0 Å². The van der Waals surface area contributed by atoms with Crippen LogP contribution in [0.5, 0.6) is 11.5 Å². The van der Waals surface area contributed by atoms with E-state index < -0.39 is 18.5 Å². The Morgan fingerprint density at radius 2 is 1.69 bits per heavy atom. The zero-order valence-corrected chi connectivity index (χ0v) is 19.5. The summed E-state index contributed by atoms with van der Waals surface area (Å²) in [6, 6.07) is 12.7. The lowest BCUT2D eigenvalue weighted by Crippen LogP contribution is -2.21. The highest BCUT2D eigenvalue weighted by atomic mass is 32.1. The molecule has 0 saturated heterocycles. The SMILES string of the molecule is COc1ccc(-c2csc(NC(=O)COC(=O)c3ccc(C(C)(C)C)cc3)n2)cc1OC. The Balaban J connectivity index is 1.57. The molecule has 168 valence electrons. The maximum atomic E-state index is 12.2. The van der Waals surface area contributed by atoms with Crippen LogP contribution >= 0.6 is 11.3 Å². The fourth-order valence-corrected chi connectivity index (χ4v) is 3.67. The Bertz CT molecular complexity index is 1100. The number of carbonyl (C=O) groups is 2. The zero-order chi connectivity index (χ0) is 23.3. The molecule has 0 atom stereocenters. The standard InChI is InChI=1S/C24H26N2O5S/c1-24(2,3)17-9-6-15(7-10-17)22(28)31-13-21(27)26-23-25-18(14-32-23)16-8-11-19(29-4)20(12-16)30-5/h6-12,14H,13H2,1-5H3,(H,25,26,27). The molecule has 3 aromatic rings. The molecule has 0 bridgehead atoms. The van der Waals surface area contributed by atoms with E-state index in [-0.39, 0.29) is 5.41 Å². The van der Waals surface area contributed by atoms with Crippen LogP contribution in [-0.4, -0.2) is 37.7 Å². The number of esters is 1. The molecular weight excluding hydrogens is 428 g/mol. The highest BCUT2D eigenvalue weighted by Gasteiger charge is 2.16. The maximum absolute atomic E-state index is 12.2. The van der Waals surface area contributed by atoms with Crippen LogP contribution in [0.4, 0.5) is 5.13 Å². The molecular formula is C24H26N2O5S. The van der Waals surface area contributed by atoms with E-state index in [0.29, 0.717) is 27.9 Å². The molecule has 1 aromatic heterocycles. The first-order chi connectivity index (χ1) is 15.2. The molecule has 0 saturated carbocycles. The van der Waals surface area contributed by atoms with Crippen molar-refractivity contribution in [3.8, 4) is 22.8 Å². The number of thiazole rings is 1. The zero-order valence-electron chi connectivity index (χ0n) is 18.7. The van der Waals surface area contributed by atoms with E-state index in [9.17, 15) is 9.59 Å². The third-order valence-corrected chi connectivity index (χ3v) is 5.51. The summed E-state index contributed by atoms with van der Waals surface area (Å²) in [7, 11) is 3.14. The summed E-state index contributed by atoms with van der Waals surface area (Å²) < 4.78 is 15.7. The van der Waals surface area contributed by atoms with Gasteiger partial charge < -0.3 is 14.2 Å². The van der Waals surface area contributed by atoms with Crippen LogP contribution in [0.25, 0.3) is 11.3 Å². The molecule has 8 heteroatoms. The van der Waals surface area contributed by atoms with Crippen LogP contribution in [-0.2, 0) is 14.9 Å². The summed E-state index contributed by atoms with van der Waals surface area (Å²) in [5, 5.41) is 4.88. The molecule has 0 radical (unpaired) electrons. The van der Waals surface area contributed by atoms with Crippen molar-refractivity contribution in [2.75, 3.05) is 26.1 Å². The van der Waals surface area contributed by atoms with Crippen molar-refractivity contribution < 1.29 is 23.8 Å². The number of nitrogens with zero attached hydrogens (tertiary/aromatic N) is 1. The fourth-order valence-electron chi connectivity index (χ4n) is 2.94. The largest absolute Gasteiger partial charge is 0.493 e. The van der Waals surface area contributed by atoms with E-state index in [2.05, 4.69) is 31.1 Å². The molecule has 0 aliphatic carbocycles. The minimum absolute atomic E-state index is 0.00810. The van der Waals surface area contributed by atoms with Crippen LogP contribution in [0.15, 0.2) is 47.8 Å². The van der Waals surface area contributed by atoms with Crippen LogP contribution in [0.1, 0.15) is 36.7 Å². The Hall–Kier alpha value is -3.39. The van der Waals surface area contributed by atoms with Crippen molar-refractivity contribution in [2.45, 2.75) is 26.2 Å². The van der Waals surface area contributed by atoms with Gasteiger partial charge >= 0.3 is 5.97 Å². The Kier molecular flexibility index (Phi) is 7.15. The van der Waals surface area contributed by atoms with Gasteiger partial charge in [0.2, 0.25) is 0 Å². The van der Waals surface area contributed by atoms with Crippen LogP contribution < -0.4 is 14.8 Å². The molecule has 0 spiro atoms. The molecule has 0 unspecified atom stereocenters. The van der Waals surface area contributed by atoms with Gasteiger partial charge in [0.1, 0.15) is 0 Å². The van der Waals surface area contributed by atoms with Gasteiger partial charge in [0, 0.05) is 10.9 Å². The molecule has 1 amide bonds. The number of nitrogens with one attached hydrogen (secondary N) is 1. The van der Waals surface area contributed by atoms with Crippen molar-refractivity contribution in [1.29, 1.82) is 0 Å². The summed E-state index contributed by atoms with van der Waals surface area (Å²) in [6.45, 7) is 5.89. The number of hydrogen-bond donors (Lipinski definition) is 1. The lowest BCUT2D eigenvalue weighted by molar-refractivity contribution is -0.119. The molecule has 0 fully saturated rings. The minimum atomic E-state index is -0.550. The molecule has 0 aliphatic heterocycles. The van der Waals surface area contributed by atoms with E-state index in [0.717, 1.165) is 11.1 Å². The summed E-state index contributed by atoms with van der Waals surface area (Å²) >= 11 is 1.28. The number of methoxy groups -OCH3 is 2. The first-order valence-electron chi connectivity index (χ1n) is 9.96. The molecule has 1 N–H and O–H groups in total. The highest BCUT2D eigenvalue weighted by molar-refractivity contribution is 7.14. The number of carbonyl (C=O) groups excluding carboxylic acids is 2. The summed E-state index contributed by atoms with van der Waals surface area (Å²) in [4.78, 5) is 28.9. The van der Waals surface area contributed by atoms with Gasteiger partial charge in [-0.2, -0.15) is 0 Å². The predicted octanol–water partition coefficient (Wildman–Crippen LogP) is 4.92. The van der Waals surface area contributed by atoms with E-state index in [1.54, 1.807) is 32.4 Å². The van der Waals surface area contributed by atoms with E-state index in [4.69, 9.17) is 14.2 Å². The van der Waals surface area contributed by atoms with Crippen LogP contribution in [0.2, 0.25) is 0 Å². The highest BCUT2D eigenvalue weighted by Crippen LogP contribution is 2.33. The molecule has 32 heavy (non-hydrogen) atoms. The van der Waals surface area contributed by atoms with Gasteiger partial charge in [-0.3, -0.25) is 10.1 Å². The lowest BCUT2D eigenvalue weighted by atomic mass is 9.87. The van der Waals surface area contributed by atoms with Crippen molar-refractivity contribution in [2.24, 2.45) is 0 Å². The third-order valence-electron chi connectivity index (χ3n) is 4.75. The monoisotopic (exact) mass is 454 g/mol. The average molecular weight is 455 g/mol. The van der Waals surface area contributed by atoms with Gasteiger partial charge in [0.05, 0.1) is 25.5 Å². The average Bonchev–Trinajstić information content (AvgIpc) is 3.24. The van der Waals surface area contributed by atoms with Crippen LogP contribution in [0.3, 0.4) is 0 Å². The Morgan fingerprint density at radius 1 is 1.00 bits per heavy atom. The van der Waals surface area contributed by atoms with Gasteiger partial charge in [-0.15, -0.1) is 11.3 Å². The number of aromatic nitrogens is 1.